The summed E-state index contributed by atoms with van der Waals surface area (Å²) in [7, 11) is 3.92. The zero-order valence-corrected chi connectivity index (χ0v) is 16.3. The largest absolute Gasteiger partial charge is 1.00 e. The van der Waals surface area contributed by atoms with Crippen molar-refractivity contribution in [1.29, 1.82) is 0 Å². The molecule has 0 spiro atoms. The first-order chi connectivity index (χ1) is 9.74. The molecule has 1 heterocycles. The number of hydrogen-bond donors (Lipinski definition) is 5. The van der Waals surface area contributed by atoms with Crippen molar-refractivity contribution in [2.24, 2.45) is 5.73 Å². The highest BCUT2D eigenvalue weighted by Crippen LogP contribution is 2.38. The van der Waals surface area contributed by atoms with E-state index < -0.39 is 18.6 Å². The number of likely N-dealkylation sites (N-methyl/N-ethyl adjacent to an activating group) is 1. The summed E-state index contributed by atoms with van der Waals surface area (Å²) >= 11 is 0. The molecule has 0 fully saturated rings. The van der Waals surface area contributed by atoms with Crippen molar-refractivity contribution in [2.75, 3.05) is 27.2 Å². The zero-order valence-electron chi connectivity index (χ0n) is 13.0. The molecule has 0 aromatic heterocycles. The molecule has 0 saturated carbocycles. The van der Waals surface area contributed by atoms with E-state index in [0.717, 1.165) is 11.3 Å². The van der Waals surface area contributed by atoms with Crippen molar-refractivity contribution in [3.05, 3.63) is 17.7 Å². The number of carbonyl (C=O) groups is 1. The smallest absolute Gasteiger partial charge is 0.239 e. The number of hydrogen-bond acceptors (Lipinski definition) is 5. The van der Waals surface area contributed by atoms with Crippen LogP contribution in [0.15, 0.2) is 12.1 Å². The fourth-order valence-electron chi connectivity index (χ4n) is 2.80. The SMILES string of the molecule is Br.C[N+]1(C)C[C@@H](NC(=O)[C@@H](N)CO)Cc2cc(O)c(O)cc21.[Br-]. The summed E-state index contributed by atoms with van der Waals surface area (Å²) in [6.07, 6.45) is 0.536. The molecule has 132 valence electrons. The minimum atomic E-state index is -0.935. The average molecular weight is 457 g/mol. The number of rotatable bonds is 3. The molecule has 1 aliphatic heterocycles. The highest BCUT2D eigenvalue weighted by Gasteiger charge is 2.35. The molecule has 1 aliphatic rings. The van der Waals surface area contributed by atoms with Crippen LogP contribution in [0, 0.1) is 0 Å². The number of nitrogens with one attached hydrogen (secondary N) is 1. The first-order valence-electron chi connectivity index (χ1n) is 6.80. The number of carbonyl (C=O) groups excluding carboxylic acids is 1. The molecule has 1 amide bonds. The number of aromatic hydroxyl groups is 2. The molecule has 0 aliphatic carbocycles. The summed E-state index contributed by atoms with van der Waals surface area (Å²) in [5, 5.41) is 31.0. The van der Waals surface area contributed by atoms with E-state index in [1.165, 1.54) is 6.07 Å². The lowest BCUT2D eigenvalue weighted by molar-refractivity contribution is -0.124. The molecular formula is C14H23Br2N3O4. The number of benzene rings is 1. The lowest BCUT2D eigenvalue weighted by Crippen LogP contribution is -3.00. The molecule has 0 bridgehead atoms. The van der Waals surface area contributed by atoms with Gasteiger partial charge in [0.05, 0.1) is 26.7 Å². The maximum Gasteiger partial charge on any atom is 0.239 e. The first kappa shape index (κ1) is 22.1. The van der Waals surface area contributed by atoms with Crippen LogP contribution in [0.1, 0.15) is 5.56 Å². The highest BCUT2D eigenvalue weighted by atomic mass is 79.9. The minimum absolute atomic E-state index is 0. The summed E-state index contributed by atoms with van der Waals surface area (Å²) in [4.78, 5) is 11.8. The highest BCUT2D eigenvalue weighted by molar-refractivity contribution is 8.93. The number of quaternary nitrogens is 1. The second-order valence-corrected chi connectivity index (χ2v) is 6.04. The van der Waals surface area contributed by atoms with Gasteiger partial charge in [-0.1, -0.05) is 0 Å². The molecule has 1 aromatic rings. The Morgan fingerprint density at radius 2 is 1.96 bits per heavy atom. The van der Waals surface area contributed by atoms with Crippen molar-refractivity contribution in [1.82, 2.24) is 9.80 Å². The van der Waals surface area contributed by atoms with Crippen LogP contribution in [0.3, 0.4) is 0 Å². The molecule has 0 saturated heterocycles. The van der Waals surface area contributed by atoms with E-state index in [4.69, 9.17) is 10.8 Å². The van der Waals surface area contributed by atoms with E-state index in [0.29, 0.717) is 17.4 Å². The molecular weight excluding hydrogens is 434 g/mol. The number of nitrogens with zero attached hydrogens (tertiary/aromatic N) is 1. The number of halogens is 2. The van der Waals surface area contributed by atoms with E-state index >= 15 is 0 Å². The van der Waals surface area contributed by atoms with Crippen LogP contribution in [0.4, 0.5) is 5.69 Å². The quantitative estimate of drug-likeness (QED) is 0.240. The van der Waals surface area contributed by atoms with Crippen LogP contribution in [0.5, 0.6) is 11.5 Å². The van der Waals surface area contributed by atoms with Gasteiger partial charge in [-0.2, -0.15) is 0 Å². The van der Waals surface area contributed by atoms with Gasteiger partial charge in [-0.15, -0.1) is 17.0 Å². The Morgan fingerprint density at radius 3 is 2.52 bits per heavy atom. The Kier molecular flexibility index (Phi) is 7.98. The fourth-order valence-corrected chi connectivity index (χ4v) is 2.80. The molecule has 7 nitrogen and oxygen atoms in total. The molecule has 2 rings (SSSR count). The summed E-state index contributed by atoms with van der Waals surface area (Å²) in [6, 6.07) is 1.99. The summed E-state index contributed by atoms with van der Waals surface area (Å²) < 4.78 is 0.461. The Morgan fingerprint density at radius 1 is 1.39 bits per heavy atom. The molecule has 0 radical (unpaired) electrons. The van der Waals surface area contributed by atoms with Gasteiger partial charge in [0.25, 0.3) is 0 Å². The Bertz CT molecular complexity index is 569. The standard InChI is InChI=1S/C14H21N3O4.2BrH/c1-17(2)6-9(16-14(21)10(15)7-18)3-8-4-12(19)13(20)5-11(8)17;;/h4-5,9-10,18H,3,6-7,15H2,1-2H3,(H2-,16,19,20,21);2*1H/t9-,10-;;/m0../s1. The molecule has 6 N–H and O–H groups in total. The predicted octanol–water partition coefficient (Wildman–Crippen LogP) is -3.39. The van der Waals surface area contributed by atoms with Gasteiger partial charge < -0.3 is 43.4 Å². The molecule has 1 aromatic carbocycles. The van der Waals surface area contributed by atoms with Gasteiger partial charge in [0.2, 0.25) is 5.91 Å². The van der Waals surface area contributed by atoms with Crippen LogP contribution in [-0.4, -0.2) is 60.6 Å². The van der Waals surface area contributed by atoms with Crippen molar-refractivity contribution >= 4 is 28.6 Å². The second kappa shape index (κ2) is 8.29. The van der Waals surface area contributed by atoms with Gasteiger partial charge >= 0.3 is 0 Å². The predicted molar refractivity (Wildman–Crippen MR) is 89.3 cm³/mol. The van der Waals surface area contributed by atoms with E-state index in [1.54, 1.807) is 6.07 Å². The molecule has 2 atom stereocenters. The number of amides is 1. The third-order valence-electron chi connectivity index (χ3n) is 3.85. The van der Waals surface area contributed by atoms with Crippen molar-refractivity contribution in [3.8, 4) is 11.5 Å². The van der Waals surface area contributed by atoms with Crippen LogP contribution < -0.4 is 32.5 Å². The number of phenols is 2. The maximum absolute atomic E-state index is 11.8. The minimum Gasteiger partial charge on any atom is -1.00 e. The number of aliphatic hydroxyl groups is 1. The van der Waals surface area contributed by atoms with E-state index in [-0.39, 0.29) is 51.5 Å². The topological polar surface area (TPSA) is 116 Å². The third kappa shape index (κ3) is 4.80. The van der Waals surface area contributed by atoms with Crippen LogP contribution in [-0.2, 0) is 11.2 Å². The number of fused-ring (bicyclic) bond motifs is 1. The summed E-state index contributed by atoms with van der Waals surface area (Å²) in [5.74, 6) is -0.716. The van der Waals surface area contributed by atoms with E-state index in [9.17, 15) is 15.0 Å². The van der Waals surface area contributed by atoms with E-state index in [1.807, 2.05) is 14.1 Å². The van der Waals surface area contributed by atoms with Crippen molar-refractivity contribution in [3.63, 3.8) is 0 Å². The Labute approximate surface area is 156 Å². The number of aliphatic hydroxyl groups excluding tert-OH is 1. The van der Waals surface area contributed by atoms with Gasteiger partial charge in [0.15, 0.2) is 11.5 Å². The van der Waals surface area contributed by atoms with Gasteiger partial charge in [0, 0.05) is 18.1 Å². The van der Waals surface area contributed by atoms with Gasteiger partial charge in [-0.3, -0.25) is 9.28 Å². The second-order valence-electron chi connectivity index (χ2n) is 6.04. The van der Waals surface area contributed by atoms with Gasteiger partial charge in [-0.25, -0.2) is 0 Å². The Balaban J connectivity index is 0.00000242. The monoisotopic (exact) mass is 455 g/mol. The first-order valence-corrected chi connectivity index (χ1v) is 6.80. The third-order valence-corrected chi connectivity index (χ3v) is 3.85. The fraction of sp³-hybridized carbons (Fsp3) is 0.500. The lowest BCUT2D eigenvalue weighted by Gasteiger charge is -2.39. The van der Waals surface area contributed by atoms with Crippen LogP contribution in [0.25, 0.3) is 0 Å². The number of phenolic OH excluding ortho intramolecular Hbond substituents is 2. The molecule has 9 heteroatoms. The lowest BCUT2D eigenvalue weighted by atomic mass is 9.95. The maximum atomic E-state index is 11.8. The van der Waals surface area contributed by atoms with Gasteiger partial charge in [0.1, 0.15) is 18.3 Å². The molecule has 0 unspecified atom stereocenters. The van der Waals surface area contributed by atoms with Crippen molar-refractivity contribution in [2.45, 2.75) is 18.5 Å². The van der Waals surface area contributed by atoms with E-state index in [2.05, 4.69) is 5.32 Å². The summed E-state index contributed by atoms with van der Waals surface area (Å²) in [5.41, 5.74) is 7.27. The van der Waals surface area contributed by atoms with Crippen LogP contribution in [0.2, 0.25) is 0 Å². The molecule has 23 heavy (non-hydrogen) atoms. The van der Waals surface area contributed by atoms with Gasteiger partial charge in [-0.05, 0) is 6.07 Å². The van der Waals surface area contributed by atoms with Crippen molar-refractivity contribution < 1.29 is 37.1 Å². The van der Waals surface area contributed by atoms with Crippen LogP contribution >= 0.6 is 17.0 Å². The summed E-state index contributed by atoms with van der Waals surface area (Å²) in [6.45, 7) is 0.225. The average Bonchev–Trinajstić information content (AvgIpc) is 2.39. The number of nitrogens with two attached hydrogens (primary N) is 1. The Hall–Kier alpha value is -0.870. The normalized spacial score (nSPS) is 19.6. The zero-order chi connectivity index (χ0) is 15.8.